The van der Waals surface area contributed by atoms with Gasteiger partial charge >= 0.3 is 6.03 Å². The second kappa shape index (κ2) is 7.29. The molecule has 1 saturated heterocycles. The molecule has 0 aromatic carbocycles. The Hall–Kier alpha value is -2.05. The van der Waals surface area contributed by atoms with Gasteiger partial charge in [-0.3, -0.25) is 14.8 Å². The molecule has 0 bridgehead atoms. The summed E-state index contributed by atoms with van der Waals surface area (Å²) < 4.78 is 1.58. The average molecular weight is 307 g/mol. The van der Waals surface area contributed by atoms with Crippen molar-refractivity contribution in [2.75, 3.05) is 25.5 Å². The lowest BCUT2D eigenvalue weighted by molar-refractivity contribution is -0.121. The van der Waals surface area contributed by atoms with Crippen LogP contribution in [0.3, 0.4) is 0 Å². The molecule has 1 atom stereocenters. The summed E-state index contributed by atoms with van der Waals surface area (Å²) in [5.41, 5.74) is 0.836. The van der Waals surface area contributed by atoms with E-state index >= 15 is 0 Å². The predicted molar refractivity (Wildman–Crippen MR) is 84.6 cm³/mol. The Kier molecular flexibility index (Phi) is 5.41. The lowest BCUT2D eigenvalue weighted by atomic mass is 10.1. The number of carbonyl (C=O) groups is 2. The SMILES string of the molecule is CNC(=O)Cn1nc(NC(=O)N2CCCCC(C)C2)cc1C. The smallest absolute Gasteiger partial charge is 0.323 e. The third-order valence-corrected chi connectivity index (χ3v) is 3.98. The van der Waals surface area contributed by atoms with Crippen molar-refractivity contribution in [2.24, 2.45) is 5.92 Å². The number of aryl methyl sites for hydroxylation is 1. The van der Waals surface area contributed by atoms with Gasteiger partial charge in [0.2, 0.25) is 5.91 Å². The van der Waals surface area contributed by atoms with Crippen LogP contribution < -0.4 is 10.6 Å². The van der Waals surface area contributed by atoms with Crippen molar-refractivity contribution in [3.63, 3.8) is 0 Å². The monoisotopic (exact) mass is 307 g/mol. The molecule has 22 heavy (non-hydrogen) atoms. The van der Waals surface area contributed by atoms with Crippen LogP contribution in [0.5, 0.6) is 0 Å². The largest absolute Gasteiger partial charge is 0.358 e. The van der Waals surface area contributed by atoms with Gasteiger partial charge in [-0.15, -0.1) is 0 Å². The summed E-state index contributed by atoms with van der Waals surface area (Å²) in [6.07, 6.45) is 3.39. The average Bonchev–Trinajstić information content (AvgIpc) is 2.68. The lowest BCUT2D eigenvalue weighted by Crippen LogP contribution is -2.37. The number of rotatable bonds is 3. The van der Waals surface area contributed by atoms with Gasteiger partial charge in [0.05, 0.1) is 0 Å². The van der Waals surface area contributed by atoms with E-state index in [0.29, 0.717) is 11.7 Å². The number of hydrogen-bond acceptors (Lipinski definition) is 3. The second-order valence-electron chi connectivity index (χ2n) is 5.98. The van der Waals surface area contributed by atoms with E-state index in [1.165, 1.54) is 12.8 Å². The van der Waals surface area contributed by atoms with E-state index in [1.54, 1.807) is 17.8 Å². The lowest BCUT2D eigenvalue weighted by Gasteiger charge is -2.22. The molecule has 122 valence electrons. The van der Waals surface area contributed by atoms with E-state index in [0.717, 1.165) is 25.2 Å². The molecule has 1 unspecified atom stereocenters. The normalized spacial score (nSPS) is 18.7. The van der Waals surface area contributed by atoms with Gasteiger partial charge in [-0.2, -0.15) is 5.10 Å². The molecule has 7 nitrogen and oxygen atoms in total. The molecule has 7 heteroatoms. The standard InChI is InChI=1S/C15H25N5O2/c1-11-6-4-5-7-19(9-11)15(22)17-13-8-12(2)20(18-13)10-14(21)16-3/h8,11H,4-7,9-10H2,1-3H3,(H,16,21)(H,17,18,22). The number of amides is 3. The van der Waals surface area contributed by atoms with Gasteiger partial charge in [-0.25, -0.2) is 4.79 Å². The summed E-state index contributed by atoms with van der Waals surface area (Å²) in [7, 11) is 1.59. The quantitative estimate of drug-likeness (QED) is 0.890. The highest BCUT2D eigenvalue weighted by atomic mass is 16.2. The third-order valence-electron chi connectivity index (χ3n) is 3.98. The van der Waals surface area contributed by atoms with Crippen molar-refractivity contribution in [1.29, 1.82) is 0 Å². The van der Waals surface area contributed by atoms with Gasteiger partial charge in [0, 0.05) is 31.9 Å². The summed E-state index contributed by atoms with van der Waals surface area (Å²) in [5.74, 6) is 0.898. The second-order valence-corrected chi connectivity index (χ2v) is 5.98. The molecular formula is C15H25N5O2. The molecule has 0 radical (unpaired) electrons. The molecule has 1 fully saturated rings. The Balaban J connectivity index is 1.99. The molecule has 2 rings (SSSR count). The van der Waals surface area contributed by atoms with Crippen LogP contribution in [-0.4, -0.2) is 46.8 Å². The third kappa shape index (κ3) is 4.22. The van der Waals surface area contributed by atoms with E-state index in [4.69, 9.17) is 0 Å². The molecule has 2 N–H and O–H groups in total. The predicted octanol–water partition coefficient (Wildman–Crippen LogP) is 1.59. The molecule has 0 aliphatic carbocycles. The number of hydrogen-bond donors (Lipinski definition) is 2. The number of aromatic nitrogens is 2. The van der Waals surface area contributed by atoms with Crippen LogP contribution in [-0.2, 0) is 11.3 Å². The first-order valence-electron chi connectivity index (χ1n) is 7.80. The van der Waals surface area contributed by atoms with Crippen molar-refractivity contribution in [1.82, 2.24) is 20.0 Å². The van der Waals surface area contributed by atoms with Crippen LogP contribution in [0.2, 0.25) is 0 Å². The number of likely N-dealkylation sites (N-methyl/N-ethyl adjacent to an activating group) is 1. The number of urea groups is 1. The molecule has 2 heterocycles. The summed E-state index contributed by atoms with van der Waals surface area (Å²) in [4.78, 5) is 25.6. The zero-order valence-corrected chi connectivity index (χ0v) is 13.6. The van der Waals surface area contributed by atoms with Crippen LogP contribution in [0.4, 0.5) is 10.6 Å². The number of anilines is 1. The first-order chi connectivity index (χ1) is 10.5. The number of likely N-dealkylation sites (tertiary alicyclic amines) is 1. The molecule has 0 spiro atoms. The Labute approximate surface area is 131 Å². The van der Waals surface area contributed by atoms with Crippen molar-refractivity contribution < 1.29 is 9.59 Å². The van der Waals surface area contributed by atoms with Gasteiger partial charge in [0.1, 0.15) is 6.54 Å². The Morgan fingerprint density at radius 1 is 1.41 bits per heavy atom. The fourth-order valence-electron chi connectivity index (χ4n) is 2.67. The molecule has 1 aliphatic heterocycles. The number of nitrogens with zero attached hydrogens (tertiary/aromatic N) is 3. The highest BCUT2D eigenvalue weighted by Gasteiger charge is 2.20. The maximum absolute atomic E-state index is 12.4. The Morgan fingerprint density at radius 2 is 2.18 bits per heavy atom. The first-order valence-corrected chi connectivity index (χ1v) is 7.80. The fraction of sp³-hybridized carbons (Fsp3) is 0.667. The summed E-state index contributed by atoms with van der Waals surface area (Å²) >= 11 is 0. The van der Waals surface area contributed by atoms with E-state index in [9.17, 15) is 9.59 Å². The molecule has 1 aliphatic rings. The maximum Gasteiger partial charge on any atom is 0.323 e. The fourth-order valence-corrected chi connectivity index (χ4v) is 2.67. The summed E-state index contributed by atoms with van der Waals surface area (Å²) in [6.45, 7) is 5.75. The zero-order chi connectivity index (χ0) is 16.1. The minimum Gasteiger partial charge on any atom is -0.358 e. The van der Waals surface area contributed by atoms with Gasteiger partial charge in [0.15, 0.2) is 5.82 Å². The molecular weight excluding hydrogens is 282 g/mol. The minimum atomic E-state index is -0.120. The molecule has 3 amide bonds. The van der Waals surface area contributed by atoms with Gasteiger partial charge in [-0.1, -0.05) is 13.3 Å². The van der Waals surface area contributed by atoms with Crippen molar-refractivity contribution in [3.8, 4) is 0 Å². The van der Waals surface area contributed by atoms with Crippen LogP contribution in [0.1, 0.15) is 31.9 Å². The zero-order valence-electron chi connectivity index (χ0n) is 13.6. The van der Waals surface area contributed by atoms with Gasteiger partial charge in [0.25, 0.3) is 0 Å². The van der Waals surface area contributed by atoms with Crippen LogP contribution in [0.15, 0.2) is 6.07 Å². The van der Waals surface area contributed by atoms with Crippen molar-refractivity contribution in [3.05, 3.63) is 11.8 Å². The van der Waals surface area contributed by atoms with Crippen LogP contribution >= 0.6 is 0 Å². The Morgan fingerprint density at radius 3 is 2.91 bits per heavy atom. The first kappa shape index (κ1) is 16.3. The van der Waals surface area contributed by atoms with E-state index in [1.807, 2.05) is 11.8 Å². The van der Waals surface area contributed by atoms with E-state index < -0.39 is 0 Å². The van der Waals surface area contributed by atoms with Gasteiger partial charge in [-0.05, 0) is 25.7 Å². The van der Waals surface area contributed by atoms with E-state index in [2.05, 4.69) is 22.7 Å². The topological polar surface area (TPSA) is 79.3 Å². The highest BCUT2D eigenvalue weighted by molar-refractivity contribution is 5.88. The summed E-state index contributed by atoms with van der Waals surface area (Å²) in [6, 6.07) is 1.67. The van der Waals surface area contributed by atoms with Crippen LogP contribution in [0.25, 0.3) is 0 Å². The molecule has 1 aromatic heterocycles. The minimum absolute atomic E-state index is 0.113. The maximum atomic E-state index is 12.4. The van der Waals surface area contributed by atoms with Crippen molar-refractivity contribution >= 4 is 17.8 Å². The highest BCUT2D eigenvalue weighted by Crippen LogP contribution is 2.17. The Bertz CT molecular complexity index is 540. The van der Waals surface area contributed by atoms with E-state index in [-0.39, 0.29) is 18.5 Å². The van der Waals surface area contributed by atoms with Gasteiger partial charge < -0.3 is 10.2 Å². The molecule has 1 aromatic rings. The number of carbonyl (C=O) groups excluding carboxylic acids is 2. The number of nitrogens with one attached hydrogen (secondary N) is 2. The molecule has 0 saturated carbocycles. The van der Waals surface area contributed by atoms with Crippen LogP contribution in [0, 0.1) is 12.8 Å². The van der Waals surface area contributed by atoms with Crippen molar-refractivity contribution in [2.45, 2.75) is 39.7 Å². The summed E-state index contributed by atoms with van der Waals surface area (Å²) in [5, 5.41) is 9.67.